The summed E-state index contributed by atoms with van der Waals surface area (Å²) in [6.07, 6.45) is 2.77. The molecule has 1 fully saturated rings. The van der Waals surface area contributed by atoms with Crippen LogP contribution < -0.4 is 10.6 Å². The maximum Gasteiger partial charge on any atom is 0.146 e. The van der Waals surface area contributed by atoms with Gasteiger partial charge in [-0.25, -0.2) is 9.67 Å². The first-order valence-electron chi connectivity index (χ1n) is 7.55. The maximum absolute atomic E-state index is 4.40. The first kappa shape index (κ1) is 14.2. The molecule has 2 heterocycles. The van der Waals surface area contributed by atoms with E-state index in [-0.39, 0.29) is 5.41 Å². The van der Waals surface area contributed by atoms with Crippen LogP contribution in [0.3, 0.4) is 0 Å². The summed E-state index contributed by atoms with van der Waals surface area (Å²) >= 11 is 0. The third kappa shape index (κ3) is 3.14. The van der Waals surface area contributed by atoms with Crippen molar-refractivity contribution in [2.45, 2.75) is 32.9 Å². The van der Waals surface area contributed by atoms with Crippen LogP contribution in [0.1, 0.15) is 26.1 Å². The SMILES string of the molecule is CC1(C)CNCC[C@H]1NCc1ncnn1-c1ccccc1. The van der Waals surface area contributed by atoms with Crippen LogP contribution in [0.25, 0.3) is 5.69 Å². The van der Waals surface area contributed by atoms with Crippen molar-refractivity contribution < 1.29 is 0 Å². The molecule has 0 radical (unpaired) electrons. The summed E-state index contributed by atoms with van der Waals surface area (Å²) < 4.78 is 1.90. The van der Waals surface area contributed by atoms with Crippen molar-refractivity contribution in [3.63, 3.8) is 0 Å². The number of nitrogens with zero attached hydrogens (tertiary/aromatic N) is 3. The van der Waals surface area contributed by atoms with Gasteiger partial charge in [0.2, 0.25) is 0 Å². The van der Waals surface area contributed by atoms with Crippen LogP contribution in [-0.2, 0) is 6.54 Å². The average Bonchev–Trinajstić information content (AvgIpc) is 2.95. The third-order valence-electron chi connectivity index (χ3n) is 4.26. The van der Waals surface area contributed by atoms with Crippen LogP contribution in [0.15, 0.2) is 36.7 Å². The Kier molecular flexibility index (Phi) is 4.03. The molecule has 2 aromatic rings. The molecular formula is C16H23N5. The predicted molar refractivity (Wildman–Crippen MR) is 83.3 cm³/mol. The Bertz CT molecular complexity index is 575. The second kappa shape index (κ2) is 5.95. The molecule has 112 valence electrons. The van der Waals surface area contributed by atoms with E-state index in [1.165, 1.54) is 0 Å². The monoisotopic (exact) mass is 285 g/mol. The minimum absolute atomic E-state index is 0.260. The van der Waals surface area contributed by atoms with Gasteiger partial charge in [-0.05, 0) is 30.5 Å². The van der Waals surface area contributed by atoms with Gasteiger partial charge in [-0.2, -0.15) is 5.10 Å². The fraction of sp³-hybridized carbons (Fsp3) is 0.500. The van der Waals surface area contributed by atoms with Gasteiger partial charge in [0.05, 0.1) is 12.2 Å². The van der Waals surface area contributed by atoms with Gasteiger partial charge in [-0.15, -0.1) is 0 Å². The highest BCUT2D eigenvalue weighted by molar-refractivity contribution is 5.30. The standard InChI is InChI=1S/C16H23N5/c1-16(2)11-17-9-8-14(16)18-10-15-19-12-20-21(15)13-6-4-3-5-7-13/h3-7,12,14,17-18H,8-11H2,1-2H3/t14-/m1/s1. The van der Waals surface area contributed by atoms with Crippen LogP contribution >= 0.6 is 0 Å². The van der Waals surface area contributed by atoms with Crippen molar-refractivity contribution in [2.24, 2.45) is 5.41 Å². The van der Waals surface area contributed by atoms with E-state index < -0.39 is 0 Å². The third-order valence-corrected chi connectivity index (χ3v) is 4.26. The summed E-state index contributed by atoms with van der Waals surface area (Å²) in [5, 5.41) is 11.5. The first-order chi connectivity index (χ1) is 10.2. The molecule has 1 aliphatic rings. The number of rotatable bonds is 4. The number of nitrogens with one attached hydrogen (secondary N) is 2. The van der Waals surface area contributed by atoms with Crippen molar-refractivity contribution >= 4 is 0 Å². The molecule has 0 saturated carbocycles. The molecule has 1 aromatic carbocycles. The summed E-state index contributed by atoms with van der Waals surface area (Å²) in [6, 6.07) is 10.6. The topological polar surface area (TPSA) is 54.8 Å². The largest absolute Gasteiger partial charge is 0.316 e. The highest BCUT2D eigenvalue weighted by Gasteiger charge is 2.31. The molecule has 0 bridgehead atoms. The molecule has 1 saturated heterocycles. The average molecular weight is 285 g/mol. The molecule has 5 nitrogen and oxygen atoms in total. The Hall–Kier alpha value is -1.72. The highest BCUT2D eigenvalue weighted by atomic mass is 15.3. The molecule has 3 rings (SSSR count). The zero-order valence-corrected chi connectivity index (χ0v) is 12.7. The Morgan fingerprint density at radius 2 is 2.14 bits per heavy atom. The van der Waals surface area contributed by atoms with Crippen molar-refractivity contribution in [1.82, 2.24) is 25.4 Å². The summed E-state index contributed by atoms with van der Waals surface area (Å²) in [7, 11) is 0. The number of para-hydroxylation sites is 1. The van der Waals surface area contributed by atoms with Crippen molar-refractivity contribution in [2.75, 3.05) is 13.1 Å². The van der Waals surface area contributed by atoms with E-state index in [1.807, 2.05) is 35.0 Å². The molecule has 5 heteroatoms. The quantitative estimate of drug-likeness (QED) is 0.898. The van der Waals surface area contributed by atoms with Crippen LogP contribution in [0.4, 0.5) is 0 Å². The lowest BCUT2D eigenvalue weighted by Gasteiger charge is -2.39. The summed E-state index contributed by atoms with van der Waals surface area (Å²) in [5.41, 5.74) is 1.31. The second-order valence-corrected chi connectivity index (χ2v) is 6.31. The van der Waals surface area contributed by atoms with E-state index in [1.54, 1.807) is 6.33 Å². The Morgan fingerprint density at radius 1 is 1.33 bits per heavy atom. The van der Waals surface area contributed by atoms with E-state index in [9.17, 15) is 0 Å². The Balaban J connectivity index is 1.71. The van der Waals surface area contributed by atoms with E-state index in [0.717, 1.165) is 37.6 Å². The highest BCUT2D eigenvalue weighted by Crippen LogP contribution is 2.25. The van der Waals surface area contributed by atoms with E-state index in [0.29, 0.717) is 6.04 Å². The number of hydrogen-bond donors (Lipinski definition) is 2. The predicted octanol–water partition coefficient (Wildman–Crippen LogP) is 1.74. The molecular weight excluding hydrogens is 262 g/mol. The van der Waals surface area contributed by atoms with Gasteiger partial charge in [0, 0.05) is 12.6 Å². The van der Waals surface area contributed by atoms with Crippen LogP contribution in [0.5, 0.6) is 0 Å². The van der Waals surface area contributed by atoms with Gasteiger partial charge < -0.3 is 10.6 Å². The molecule has 1 aromatic heterocycles. The van der Waals surface area contributed by atoms with E-state index in [2.05, 4.69) is 34.6 Å². The fourth-order valence-corrected chi connectivity index (χ4v) is 2.93. The van der Waals surface area contributed by atoms with E-state index in [4.69, 9.17) is 0 Å². The summed E-state index contributed by atoms with van der Waals surface area (Å²) in [5.74, 6) is 0.954. The van der Waals surface area contributed by atoms with Crippen LogP contribution in [0, 0.1) is 5.41 Å². The Morgan fingerprint density at radius 3 is 2.90 bits per heavy atom. The van der Waals surface area contributed by atoms with E-state index >= 15 is 0 Å². The summed E-state index contributed by atoms with van der Waals surface area (Å²) in [4.78, 5) is 4.40. The normalized spacial score (nSPS) is 21.3. The van der Waals surface area contributed by atoms with Crippen LogP contribution in [-0.4, -0.2) is 33.9 Å². The number of benzene rings is 1. The molecule has 0 aliphatic carbocycles. The second-order valence-electron chi connectivity index (χ2n) is 6.31. The molecule has 1 aliphatic heterocycles. The van der Waals surface area contributed by atoms with Gasteiger partial charge in [0.15, 0.2) is 0 Å². The maximum atomic E-state index is 4.40. The smallest absolute Gasteiger partial charge is 0.146 e. The van der Waals surface area contributed by atoms with Gasteiger partial charge in [-0.3, -0.25) is 0 Å². The lowest BCUT2D eigenvalue weighted by Crippen LogP contribution is -2.52. The van der Waals surface area contributed by atoms with Crippen molar-refractivity contribution in [3.05, 3.63) is 42.5 Å². The lowest BCUT2D eigenvalue weighted by atomic mass is 9.80. The molecule has 0 spiro atoms. The van der Waals surface area contributed by atoms with Crippen LogP contribution in [0.2, 0.25) is 0 Å². The Labute approximate surface area is 125 Å². The zero-order valence-electron chi connectivity index (χ0n) is 12.7. The molecule has 1 atom stereocenters. The molecule has 0 unspecified atom stereocenters. The van der Waals surface area contributed by atoms with Crippen molar-refractivity contribution in [3.8, 4) is 5.69 Å². The zero-order chi connectivity index (χ0) is 14.7. The first-order valence-corrected chi connectivity index (χ1v) is 7.55. The summed E-state index contributed by atoms with van der Waals surface area (Å²) in [6.45, 7) is 7.48. The molecule has 0 amide bonds. The number of hydrogen-bond acceptors (Lipinski definition) is 4. The molecule has 21 heavy (non-hydrogen) atoms. The number of aromatic nitrogens is 3. The lowest BCUT2D eigenvalue weighted by molar-refractivity contribution is 0.183. The van der Waals surface area contributed by atoms with Crippen molar-refractivity contribution in [1.29, 1.82) is 0 Å². The fourth-order valence-electron chi connectivity index (χ4n) is 2.93. The minimum atomic E-state index is 0.260. The van der Waals surface area contributed by atoms with Gasteiger partial charge in [0.1, 0.15) is 12.2 Å². The van der Waals surface area contributed by atoms with Gasteiger partial charge >= 0.3 is 0 Å². The molecule has 2 N–H and O–H groups in total. The van der Waals surface area contributed by atoms with Gasteiger partial charge in [0.25, 0.3) is 0 Å². The number of piperidine rings is 1. The minimum Gasteiger partial charge on any atom is -0.316 e. The van der Waals surface area contributed by atoms with Gasteiger partial charge in [-0.1, -0.05) is 32.0 Å².